The van der Waals surface area contributed by atoms with Crippen molar-refractivity contribution in [2.45, 2.75) is 12.6 Å². The van der Waals surface area contributed by atoms with Gasteiger partial charge in [-0.25, -0.2) is 4.79 Å². The molecule has 0 aromatic heterocycles. The minimum absolute atomic E-state index is 0.0174. The predicted molar refractivity (Wildman–Crippen MR) is 71.2 cm³/mol. The van der Waals surface area contributed by atoms with Crippen molar-refractivity contribution in [3.8, 4) is 0 Å². The maximum atomic E-state index is 11.5. The summed E-state index contributed by atoms with van der Waals surface area (Å²) >= 11 is 0. The van der Waals surface area contributed by atoms with Crippen molar-refractivity contribution in [1.29, 1.82) is 0 Å². The lowest BCUT2D eigenvalue weighted by molar-refractivity contribution is -0.136. The van der Waals surface area contributed by atoms with E-state index in [4.69, 9.17) is 15.7 Å². The molecule has 0 bridgehead atoms. The molecule has 1 fully saturated rings. The van der Waals surface area contributed by atoms with E-state index >= 15 is 0 Å². The zero-order valence-corrected chi connectivity index (χ0v) is 11.5. The quantitative estimate of drug-likeness (QED) is 0.536. The summed E-state index contributed by atoms with van der Waals surface area (Å²) in [7, 11) is -3.58. The number of nitrogens with one attached hydrogen (secondary N) is 1. The molecule has 9 heteroatoms. The molecule has 20 heavy (non-hydrogen) atoms. The normalized spacial score (nSPS) is 18.4. The van der Waals surface area contributed by atoms with Gasteiger partial charge < -0.3 is 10.1 Å². The third kappa shape index (κ3) is 3.36. The molecule has 1 aromatic rings. The van der Waals surface area contributed by atoms with Crippen LogP contribution in [-0.2, 0) is 20.7 Å². The van der Waals surface area contributed by atoms with Crippen molar-refractivity contribution in [1.82, 2.24) is 9.99 Å². The van der Waals surface area contributed by atoms with Crippen LogP contribution < -0.4 is 16.3 Å². The average Bonchev–Trinajstić information content (AvgIpc) is 2.40. The van der Waals surface area contributed by atoms with Crippen LogP contribution in [0.5, 0.6) is 0 Å². The van der Waals surface area contributed by atoms with Gasteiger partial charge in [0.2, 0.25) is 0 Å². The third-order valence-electron chi connectivity index (χ3n) is 2.79. The average molecular weight is 298 g/mol. The first-order valence-electron chi connectivity index (χ1n) is 5.84. The van der Waals surface area contributed by atoms with Gasteiger partial charge in [0.15, 0.2) is 0 Å². The Morgan fingerprint density at radius 1 is 1.40 bits per heavy atom. The van der Waals surface area contributed by atoms with E-state index in [1.165, 1.54) is 0 Å². The van der Waals surface area contributed by atoms with Crippen LogP contribution in [0, 0.1) is 0 Å². The Hall–Kier alpha value is -1.89. The summed E-state index contributed by atoms with van der Waals surface area (Å²) in [4.78, 5) is 23.0. The Morgan fingerprint density at radius 2 is 2.05 bits per heavy atom. The molecule has 5 N–H and O–H groups in total. The van der Waals surface area contributed by atoms with E-state index in [9.17, 15) is 14.2 Å². The SMILES string of the molecule is NP(N)(=O)N1C[C@@H](NC(=O)OCc2ccccc2)C1=O. The standard InChI is InChI=1S/C11H15N4O4P/c12-20(13,18)15-6-9(10(15)16)14-11(17)19-7-8-4-2-1-3-5-8/h1-5,9H,6-7H2,(H,14,17)(H4,12,13,18)/t9-/m1/s1. The molecule has 108 valence electrons. The van der Waals surface area contributed by atoms with E-state index in [2.05, 4.69) is 5.32 Å². The molecule has 2 rings (SSSR count). The summed E-state index contributed by atoms with van der Waals surface area (Å²) in [5.41, 5.74) is 11.1. The molecule has 1 heterocycles. The number of amides is 2. The highest BCUT2D eigenvalue weighted by molar-refractivity contribution is 7.57. The number of rotatable bonds is 4. The van der Waals surface area contributed by atoms with Crippen LogP contribution in [0.2, 0.25) is 0 Å². The Bertz CT molecular complexity index is 559. The number of β-lactam (4-membered cyclic amide) rings is 1. The number of nitrogens with two attached hydrogens (primary N) is 2. The van der Waals surface area contributed by atoms with Crippen molar-refractivity contribution >= 4 is 19.6 Å². The minimum atomic E-state index is -3.58. The number of carbonyl (C=O) groups excluding carboxylic acids is 2. The molecule has 1 aromatic carbocycles. The van der Waals surface area contributed by atoms with Crippen LogP contribution in [0.3, 0.4) is 0 Å². The molecule has 0 radical (unpaired) electrons. The maximum Gasteiger partial charge on any atom is 0.408 e. The van der Waals surface area contributed by atoms with Crippen LogP contribution in [-0.4, -0.2) is 29.3 Å². The van der Waals surface area contributed by atoms with Crippen LogP contribution in [0.15, 0.2) is 30.3 Å². The first-order valence-corrected chi connectivity index (χ1v) is 7.64. The van der Waals surface area contributed by atoms with E-state index in [0.717, 1.165) is 10.2 Å². The molecule has 1 atom stereocenters. The van der Waals surface area contributed by atoms with E-state index in [1.807, 2.05) is 30.3 Å². The molecular weight excluding hydrogens is 283 g/mol. The number of hydrogen-bond acceptors (Lipinski definition) is 4. The Morgan fingerprint density at radius 3 is 2.60 bits per heavy atom. The van der Waals surface area contributed by atoms with Crippen molar-refractivity contribution < 1.29 is 18.9 Å². The third-order valence-corrected chi connectivity index (χ3v) is 3.91. The van der Waals surface area contributed by atoms with Crippen molar-refractivity contribution in [3.05, 3.63) is 35.9 Å². The lowest BCUT2D eigenvalue weighted by Gasteiger charge is -2.39. The number of ether oxygens (including phenoxy) is 1. The van der Waals surface area contributed by atoms with E-state index in [1.54, 1.807) is 0 Å². The monoisotopic (exact) mass is 298 g/mol. The lowest BCUT2D eigenvalue weighted by Crippen LogP contribution is -2.63. The van der Waals surface area contributed by atoms with Gasteiger partial charge in [-0.15, -0.1) is 0 Å². The molecule has 0 saturated carbocycles. The molecular formula is C11H15N4O4P. The van der Waals surface area contributed by atoms with E-state index in [0.29, 0.717) is 0 Å². The molecule has 0 spiro atoms. The second-order valence-electron chi connectivity index (χ2n) is 4.35. The maximum absolute atomic E-state index is 11.5. The minimum Gasteiger partial charge on any atom is -0.445 e. The first-order chi connectivity index (χ1) is 9.38. The predicted octanol–water partition coefficient (Wildman–Crippen LogP) is 0.149. The van der Waals surface area contributed by atoms with Gasteiger partial charge in [0.25, 0.3) is 5.91 Å². The van der Waals surface area contributed by atoms with Crippen molar-refractivity contribution in [2.24, 2.45) is 11.0 Å². The molecule has 2 amide bonds. The zero-order chi connectivity index (χ0) is 14.8. The highest BCUT2D eigenvalue weighted by Gasteiger charge is 2.44. The summed E-state index contributed by atoms with van der Waals surface area (Å²) in [5, 5.41) is 2.35. The van der Waals surface area contributed by atoms with E-state index in [-0.39, 0.29) is 13.2 Å². The fourth-order valence-electron chi connectivity index (χ4n) is 1.70. The van der Waals surface area contributed by atoms with Crippen molar-refractivity contribution in [3.63, 3.8) is 0 Å². The molecule has 1 saturated heterocycles. The largest absolute Gasteiger partial charge is 0.445 e. The number of nitrogens with zero attached hydrogens (tertiary/aromatic N) is 1. The van der Waals surface area contributed by atoms with Gasteiger partial charge in [-0.1, -0.05) is 30.3 Å². The van der Waals surface area contributed by atoms with Gasteiger partial charge >= 0.3 is 13.7 Å². The Balaban J connectivity index is 1.77. The lowest BCUT2D eigenvalue weighted by atomic mass is 10.2. The number of alkyl carbamates (subject to hydrolysis) is 1. The summed E-state index contributed by atoms with van der Waals surface area (Å²) in [6, 6.07) is 8.32. The second-order valence-corrected chi connectivity index (χ2v) is 6.18. The zero-order valence-electron chi connectivity index (χ0n) is 10.6. The van der Waals surface area contributed by atoms with Crippen LogP contribution in [0.1, 0.15) is 5.56 Å². The summed E-state index contributed by atoms with van der Waals surface area (Å²) < 4.78 is 17.1. The van der Waals surface area contributed by atoms with Gasteiger partial charge in [-0.3, -0.25) is 25.0 Å². The number of carbonyl (C=O) groups is 2. The molecule has 0 aliphatic carbocycles. The summed E-state index contributed by atoms with van der Waals surface area (Å²) in [5.74, 6) is -0.574. The first kappa shape index (κ1) is 14.5. The highest BCUT2D eigenvalue weighted by atomic mass is 31.2. The van der Waals surface area contributed by atoms with Crippen molar-refractivity contribution in [2.75, 3.05) is 6.54 Å². The molecule has 1 aliphatic heterocycles. The Kier molecular flexibility index (Phi) is 4.08. The van der Waals surface area contributed by atoms with Gasteiger partial charge in [-0.2, -0.15) is 0 Å². The topological polar surface area (TPSA) is 128 Å². The Labute approximate surface area is 115 Å². The fourth-order valence-corrected chi connectivity index (χ4v) is 2.57. The van der Waals surface area contributed by atoms with Gasteiger partial charge in [0, 0.05) is 0 Å². The van der Waals surface area contributed by atoms with Gasteiger partial charge in [-0.05, 0) is 5.56 Å². The van der Waals surface area contributed by atoms with Gasteiger partial charge in [0.1, 0.15) is 12.6 Å². The number of hydrogen-bond donors (Lipinski definition) is 3. The molecule has 1 aliphatic rings. The highest BCUT2D eigenvalue weighted by Crippen LogP contribution is 2.37. The van der Waals surface area contributed by atoms with Crippen LogP contribution in [0.25, 0.3) is 0 Å². The fraction of sp³-hybridized carbons (Fsp3) is 0.273. The van der Waals surface area contributed by atoms with Crippen LogP contribution in [0.4, 0.5) is 4.79 Å². The molecule has 8 nitrogen and oxygen atoms in total. The van der Waals surface area contributed by atoms with Crippen LogP contribution >= 0.6 is 7.59 Å². The van der Waals surface area contributed by atoms with E-state index < -0.39 is 25.6 Å². The summed E-state index contributed by atoms with van der Waals surface area (Å²) in [6.07, 6.45) is -0.726. The second kappa shape index (κ2) is 5.62. The molecule has 0 unspecified atom stereocenters. The van der Waals surface area contributed by atoms with Gasteiger partial charge in [0.05, 0.1) is 6.54 Å². The number of benzene rings is 1. The summed E-state index contributed by atoms with van der Waals surface area (Å²) in [6.45, 7) is 0.118. The smallest absolute Gasteiger partial charge is 0.408 e.